The SMILES string of the molecule is CCC(CC)Nc1c([N+](=O)[O-])cc(CC#N)c(C(C)C)c1[N+](=O)[O-]. The highest BCUT2D eigenvalue weighted by Crippen LogP contribution is 2.43. The van der Waals surface area contributed by atoms with E-state index in [1.807, 2.05) is 19.9 Å². The van der Waals surface area contributed by atoms with E-state index in [0.29, 0.717) is 24.0 Å². The molecule has 1 aromatic carbocycles. The summed E-state index contributed by atoms with van der Waals surface area (Å²) >= 11 is 0. The first kappa shape index (κ1) is 19.4. The van der Waals surface area contributed by atoms with Gasteiger partial charge in [0.15, 0.2) is 5.69 Å². The van der Waals surface area contributed by atoms with Crippen molar-refractivity contribution in [1.29, 1.82) is 5.26 Å². The van der Waals surface area contributed by atoms with Crippen LogP contribution in [0.15, 0.2) is 6.07 Å². The Bertz CT molecular complexity index is 676. The molecule has 0 spiro atoms. The first-order valence-electron chi connectivity index (χ1n) is 7.90. The number of benzene rings is 1. The summed E-state index contributed by atoms with van der Waals surface area (Å²) in [7, 11) is 0. The van der Waals surface area contributed by atoms with E-state index in [1.54, 1.807) is 13.8 Å². The molecule has 0 saturated carbocycles. The predicted molar refractivity (Wildman–Crippen MR) is 91.1 cm³/mol. The first-order chi connectivity index (χ1) is 11.3. The number of rotatable bonds is 8. The molecule has 0 heterocycles. The number of anilines is 1. The van der Waals surface area contributed by atoms with Crippen LogP contribution in [-0.4, -0.2) is 15.9 Å². The van der Waals surface area contributed by atoms with Crippen LogP contribution in [0.5, 0.6) is 0 Å². The lowest BCUT2D eigenvalue weighted by Gasteiger charge is -2.20. The number of nitrogens with zero attached hydrogens (tertiary/aromatic N) is 3. The molecule has 0 aromatic heterocycles. The Morgan fingerprint density at radius 3 is 2.17 bits per heavy atom. The monoisotopic (exact) mass is 334 g/mol. The third-order valence-corrected chi connectivity index (χ3v) is 3.97. The Hall–Kier alpha value is -2.69. The topological polar surface area (TPSA) is 122 Å². The summed E-state index contributed by atoms with van der Waals surface area (Å²) in [6, 6.07) is 3.11. The molecule has 0 radical (unpaired) electrons. The fraction of sp³-hybridized carbons (Fsp3) is 0.562. The molecule has 24 heavy (non-hydrogen) atoms. The van der Waals surface area contributed by atoms with E-state index in [1.165, 1.54) is 6.07 Å². The summed E-state index contributed by atoms with van der Waals surface area (Å²) in [5.41, 5.74) is -0.00899. The van der Waals surface area contributed by atoms with Crippen LogP contribution in [0.4, 0.5) is 17.1 Å². The van der Waals surface area contributed by atoms with Crippen molar-refractivity contribution < 1.29 is 9.85 Å². The van der Waals surface area contributed by atoms with Crippen molar-refractivity contribution in [2.45, 2.75) is 58.9 Å². The molecule has 8 nitrogen and oxygen atoms in total. The van der Waals surface area contributed by atoms with Gasteiger partial charge in [0.2, 0.25) is 0 Å². The van der Waals surface area contributed by atoms with Crippen LogP contribution < -0.4 is 5.32 Å². The maximum atomic E-state index is 11.7. The largest absolute Gasteiger partial charge is 0.371 e. The van der Waals surface area contributed by atoms with E-state index in [9.17, 15) is 20.2 Å². The summed E-state index contributed by atoms with van der Waals surface area (Å²) in [4.78, 5) is 21.9. The summed E-state index contributed by atoms with van der Waals surface area (Å²) in [5, 5.41) is 35.1. The van der Waals surface area contributed by atoms with Crippen molar-refractivity contribution in [1.82, 2.24) is 0 Å². The fourth-order valence-corrected chi connectivity index (χ4v) is 2.77. The highest BCUT2D eigenvalue weighted by Gasteiger charge is 2.33. The zero-order chi connectivity index (χ0) is 18.4. The van der Waals surface area contributed by atoms with Gasteiger partial charge < -0.3 is 5.32 Å². The van der Waals surface area contributed by atoms with Gasteiger partial charge in [0, 0.05) is 17.7 Å². The molecule has 0 saturated heterocycles. The van der Waals surface area contributed by atoms with Gasteiger partial charge in [-0.05, 0) is 24.3 Å². The van der Waals surface area contributed by atoms with Gasteiger partial charge in [0.05, 0.1) is 22.3 Å². The third kappa shape index (κ3) is 3.98. The van der Waals surface area contributed by atoms with Gasteiger partial charge in [0.1, 0.15) is 0 Å². The maximum Gasteiger partial charge on any atom is 0.303 e. The lowest BCUT2D eigenvalue weighted by atomic mass is 9.91. The number of hydrogen-bond acceptors (Lipinski definition) is 6. The van der Waals surface area contributed by atoms with Crippen LogP contribution in [0.3, 0.4) is 0 Å². The predicted octanol–water partition coefficient (Wildman–Crippen LogP) is 4.29. The molecule has 1 aromatic rings. The average molecular weight is 334 g/mol. The number of nitro groups is 2. The van der Waals surface area contributed by atoms with E-state index in [-0.39, 0.29) is 35.4 Å². The van der Waals surface area contributed by atoms with E-state index in [4.69, 9.17) is 5.26 Å². The molecule has 1 rings (SSSR count). The quantitative estimate of drug-likeness (QED) is 0.558. The zero-order valence-electron chi connectivity index (χ0n) is 14.3. The first-order valence-corrected chi connectivity index (χ1v) is 7.90. The van der Waals surface area contributed by atoms with Crippen molar-refractivity contribution in [3.63, 3.8) is 0 Å². The summed E-state index contributed by atoms with van der Waals surface area (Å²) < 4.78 is 0. The lowest BCUT2D eigenvalue weighted by Crippen LogP contribution is -2.20. The fourth-order valence-electron chi connectivity index (χ4n) is 2.77. The highest BCUT2D eigenvalue weighted by atomic mass is 16.6. The van der Waals surface area contributed by atoms with Gasteiger partial charge in [0.25, 0.3) is 5.69 Å². The minimum atomic E-state index is -0.636. The standard InChI is InChI=1S/C16H22N4O4/c1-5-12(6-2)18-15-13(19(21)22)9-11(7-8-17)14(10(3)4)16(15)20(23)24/h9-10,12,18H,5-7H2,1-4H3. The molecular formula is C16H22N4O4. The maximum absolute atomic E-state index is 11.7. The molecule has 8 heteroatoms. The molecule has 0 aliphatic carbocycles. The van der Waals surface area contributed by atoms with Crippen molar-refractivity contribution >= 4 is 17.1 Å². The van der Waals surface area contributed by atoms with Crippen LogP contribution in [0.2, 0.25) is 0 Å². The second kappa shape index (κ2) is 8.24. The van der Waals surface area contributed by atoms with Crippen molar-refractivity contribution in [2.24, 2.45) is 0 Å². The number of nitriles is 1. The zero-order valence-corrected chi connectivity index (χ0v) is 14.3. The summed E-state index contributed by atoms with van der Waals surface area (Å²) in [6.45, 7) is 7.37. The molecule has 0 atom stereocenters. The lowest BCUT2D eigenvalue weighted by molar-refractivity contribution is -0.393. The van der Waals surface area contributed by atoms with Gasteiger partial charge in [-0.15, -0.1) is 0 Å². The van der Waals surface area contributed by atoms with Gasteiger partial charge in [-0.3, -0.25) is 20.2 Å². The molecule has 0 aliphatic heterocycles. The molecule has 0 unspecified atom stereocenters. The van der Waals surface area contributed by atoms with E-state index in [0.717, 1.165) is 0 Å². The van der Waals surface area contributed by atoms with Gasteiger partial charge in [-0.25, -0.2) is 0 Å². The molecule has 0 fully saturated rings. The van der Waals surface area contributed by atoms with Gasteiger partial charge in [-0.1, -0.05) is 27.7 Å². The minimum Gasteiger partial charge on any atom is -0.371 e. The second-order valence-electron chi connectivity index (χ2n) is 5.85. The normalized spacial score (nSPS) is 10.7. The van der Waals surface area contributed by atoms with Gasteiger partial charge >= 0.3 is 5.69 Å². The van der Waals surface area contributed by atoms with Crippen LogP contribution >= 0.6 is 0 Å². The molecule has 0 amide bonds. The van der Waals surface area contributed by atoms with Crippen molar-refractivity contribution in [3.05, 3.63) is 37.4 Å². The van der Waals surface area contributed by atoms with E-state index >= 15 is 0 Å². The van der Waals surface area contributed by atoms with Gasteiger partial charge in [-0.2, -0.15) is 5.26 Å². The number of nitro benzene ring substituents is 2. The Morgan fingerprint density at radius 1 is 1.21 bits per heavy atom. The number of nitrogens with one attached hydrogen (secondary N) is 1. The van der Waals surface area contributed by atoms with E-state index in [2.05, 4.69) is 5.32 Å². The Morgan fingerprint density at radius 2 is 1.79 bits per heavy atom. The van der Waals surface area contributed by atoms with Crippen molar-refractivity contribution in [3.8, 4) is 6.07 Å². The van der Waals surface area contributed by atoms with E-state index < -0.39 is 9.85 Å². The Balaban J connectivity index is 3.81. The summed E-state index contributed by atoms with van der Waals surface area (Å²) in [6.07, 6.45) is 1.25. The molecule has 0 bridgehead atoms. The Labute approximate surface area is 140 Å². The van der Waals surface area contributed by atoms with Crippen LogP contribution in [0, 0.1) is 31.6 Å². The second-order valence-corrected chi connectivity index (χ2v) is 5.85. The highest BCUT2D eigenvalue weighted by molar-refractivity contribution is 5.79. The summed E-state index contributed by atoms with van der Waals surface area (Å²) in [5.74, 6) is -0.239. The van der Waals surface area contributed by atoms with Crippen LogP contribution in [0.25, 0.3) is 0 Å². The molecule has 0 aliphatic rings. The molecule has 130 valence electrons. The smallest absolute Gasteiger partial charge is 0.303 e. The molecule has 1 N–H and O–H groups in total. The third-order valence-electron chi connectivity index (χ3n) is 3.97. The minimum absolute atomic E-state index is 0.0657. The van der Waals surface area contributed by atoms with Crippen molar-refractivity contribution in [2.75, 3.05) is 5.32 Å². The number of hydrogen-bond donors (Lipinski definition) is 1. The van der Waals surface area contributed by atoms with Crippen LogP contribution in [0.1, 0.15) is 57.6 Å². The Kier molecular flexibility index (Phi) is 6.65. The molecular weight excluding hydrogens is 312 g/mol. The van der Waals surface area contributed by atoms with Crippen LogP contribution in [-0.2, 0) is 6.42 Å². The average Bonchev–Trinajstić information content (AvgIpc) is 2.51.